The van der Waals surface area contributed by atoms with E-state index in [-0.39, 0.29) is 5.92 Å². The predicted molar refractivity (Wildman–Crippen MR) is 138 cm³/mol. The van der Waals surface area contributed by atoms with Crippen LogP contribution in [0, 0.1) is 11.8 Å². The van der Waals surface area contributed by atoms with Gasteiger partial charge in [-0.1, -0.05) is 17.7 Å². The topological polar surface area (TPSA) is 95.8 Å². The molecule has 3 aromatic rings. The van der Waals surface area contributed by atoms with Gasteiger partial charge in [0, 0.05) is 42.2 Å². The lowest BCUT2D eigenvalue weighted by atomic mass is 9.81. The molecule has 1 saturated heterocycles. The molecule has 0 spiro atoms. The number of carboxylic acids is 1. The maximum absolute atomic E-state index is 12.1. The SMILES string of the molecule is COc1ccc2ncc(Cl)c([C@H](O)CCC3CCN(CCSc4ccccn4)CC3C(=O)O)c2c1. The van der Waals surface area contributed by atoms with Crippen molar-refractivity contribution in [1.29, 1.82) is 0 Å². The van der Waals surface area contributed by atoms with Crippen LogP contribution in [0.5, 0.6) is 5.75 Å². The summed E-state index contributed by atoms with van der Waals surface area (Å²) >= 11 is 8.12. The normalized spacial score (nSPS) is 19.5. The standard InChI is InChI=1S/C26H30ClN3O4S/c1-34-18-6-7-22-19(14-18)25(21(27)15-29-22)23(31)8-5-17-9-11-30(16-20(17)26(32)33)12-13-35-24-4-2-3-10-28-24/h2-4,6-7,10,14-15,17,20,23,31H,5,8-9,11-13,16H2,1H3,(H,32,33)/t17?,20?,23-/m1/s1. The van der Waals surface area contributed by atoms with E-state index in [9.17, 15) is 15.0 Å². The molecule has 0 bridgehead atoms. The number of halogens is 1. The molecule has 0 saturated carbocycles. The van der Waals surface area contributed by atoms with E-state index in [0.29, 0.717) is 35.7 Å². The molecule has 1 fully saturated rings. The molecule has 3 atom stereocenters. The summed E-state index contributed by atoms with van der Waals surface area (Å²) in [5, 5.41) is 23.1. The summed E-state index contributed by atoms with van der Waals surface area (Å²) in [4.78, 5) is 23.0. The number of aromatic nitrogens is 2. The molecule has 3 heterocycles. The number of hydrogen-bond acceptors (Lipinski definition) is 7. The molecule has 1 aromatic carbocycles. The number of thioether (sulfide) groups is 1. The number of nitrogens with zero attached hydrogens (tertiary/aromatic N) is 3. The van der Waals surface area contributed by atoms with Crippen LogP contribution in [0.2, 0.25) is 5.02 Å². The van der Waals surface area contributed by atoms with Gasteiger partial charge < -0.3 is 19.8 Å². The third-order valence-electron chi connectivity index (χ3n) is 6.66. The Morgan fingerprint density at radius 3 is 2.91 bits per heavy atom. The van der Waals surface area contributed by atoms with Crippen molar-refractivity contribution in [1.82, 2.24) is 14.9 Å². The van der Waals surface area contributed by atoms with Crippen LogP contribution in [0.4, 0.5) is 0 Å². The minimum atomic E-state index is -0.817. The number of carbonyl (C=O) groups is 1. The molecule has 0 aliphatic carbocycles. The number of aliphatic hydroxyl groups is 1. The molecule has 7 nitrogen and oxygen atoms in total. The number of carboxylic acid groups (broad SMARTS) is 1. The van der Waals surface area contributed by atoms with Gasteiger partial charge in [-0.25, -0.2) is 4.98 Å². The fraction of sp³-hybridized carbons (Fsp3) is 0.423. The highest BCUT2D eigenvalue weighted by Gasteiger charge is 2.34. The number of ether oxygens (including phenoxy) is 1. The fourth-order valence-corrected chi connectivity index (χ4v) is 5.90. The third kappa shape index (κ3) is 6.44. The number of benzene rings is 1. The maximum atomic E-state index is 12.1. The Bertz CT molecular complexity index is 1150. The zero-order valence-electron chi connectivity index (χ0n) is 19.6. The van der Waals surface area contributed by atoms with Crippen LogP contribution in [0.1, 0.15) is 30.9 Å². The van der Waals surface area contributed by atoms with Gasteiger partial charge in [0.2, 0.25) is 0 Å². The number of piperidine rings is 1. The summed E-state index contributed by atoms with van der Waals surface area (Å²) in [7, 11) is 1.59. The second-order valence-electron chi connectivity index (χ2n) is 8.81. The van der Waals surface area contributed by atoms with Gasteiger partial charge in [0.15, 0.2) is 0 Å². The molecule has 0 amide bonds. The van der Waals surface area contributed by atoms with Crippen molar-refractivity contribution >= 4 is 40.2 Å². The predicted octanol–water partition coefficient (Wildman–Crippen LogP) is 4.92. The first kappa shape index (κ1) is 25.7. The smallest absolute Gasteiger partial charge is 0.308 e. The first-order valence-corrected chi connectivity index (χ1v) is 13.1. The van der Waals surface area contributed by atoms with Crippen LogP contribution in [-0.4, -0.2) is 63.5 Å². The Balaban J connectivity index is 1.37. The highest BCUT2D eigenvalue weighted by Crippen LogP contribution is 2.37. The zero-order valence-corrected chi connectivity index (χ0v) is 21.2. The molecule has 2 unspecified atom stereocenters. The van der Waals surface area contributed by atoms with Crippen molar-refractivity contribution in [3.8, 4) is 5.75 Å². The summed E-state index contributed by atoms with van der Waals surface area (Å²) < 4.78 is 5.33. The lowest BCUT2D eigenvalue weighted by Gasteiger charge is -2.37. The Morgan fingerprint density at radius 2 is 2.17 bits per heavy atom. The molecule has 4 rings (SSSR count). The van der Waals surface area contributed by atoms with Crippen LogP contribution in [0.15, 0.2) is 53.8 Å². The highest BCUT2D eigenvalue weighted by atomic mass is 35.5. The van der Waals surface area contributed by atoms with Crippen LogP contribution < -0.4 is 4.74 Å². The Kier molecular flexibility index (Phi) is 8.83. The molecular weight excluding hydrogens is 486 g/mol. The lowest BCUT2D eigenvalue weighted by molar-refractivity contribution is -0.146. The van der Waals surface area contributed by atoms with Gasteiger partial charge in [-0.15, -0.1) is 11.8 Å². The van der Waals surface area contributed by atoms with Gasteiger partial charge in [0.25, 0.3) is 0 Å². The van der Waals surface area contributed by atoms with E-state index in [2.05, 4.69) is 14.9 Å². The minimum Gasteiger partial charge on any atom is -0.497 e. The number of pyridine rings is 2. The van der Waals surface area contributed by atoms with Crippen molar-refractivity contribution in [2.45, 2.75) is 30.4 Å². The molecule has 2 N–H and O–H groups in total. The van der Waals surface area contributed by atoms with Crippen molar-refractivity contribution in [3.05, 3.63) is 59.4 Å². The van der Waals surface area contributed by atoms with E-state index >= 15 is 0 Å². The number of hydrogen-bond donors (Lipinski definition) is 2. The summed E-state index contributed by atoms with van der Waals surface area (Å²) in [5.41, 5.74) is 1.34. The number of fused-ring (bicyclic) bond motifs is 1. The Morgan fingerprint density at radius 1 is 1.31 bits per heavy atom. The second kappa shape index (κ2) is 12.0. The van der Waals surface area contributed by atoms with Gasteiger partial charge in [-0.3, -0.25) is 9.78 Å². The molecule has 35 heavy (non-hydrogen) atoms. The van der Waals surface area contributed by atoms with E-state index in [1.165, 1.54) is 0 Å². The summed E-state index contributed by atoms with van der Waals surface area (Å²) in [6.45, 7) is 2.19. The number of methoxy groups -OCH3 is 1. The van der Waals surface area contributed by atoms with E-state index < -0.39 is 18.0 Å². The van der Waals surface area contributed by atoms with Gasteiger partial charge in [-0.05, 0) is 62.1 Å². The molecule has 2 aromatic heterocycles. The molecule has 1 aliphatic rings. The average Bonchev–Trinajstić information content (AvgIpc) is 2.87. The summed E-state index contributed by atoms with van der Waals surface area (Å²) in [6.07, 6.45) is 4.34. The largest absolute Gasteiger partial charge is 0.497 e. The highest BCUT2D eigenvalue weighted by molar-refractivity contribution is 7.99. The molecule has 0 radical (unpaired) electrons. The van der Waals surface area contributed by atoms with Crippen LogP contribution >= 0.6 is 23.4 Å². The maximum Gasteiger partial charge on any atom is 0.308 e. The number of aliphatic hydroxyl groups excluding tert-OH is 1. The number of aliphatic carboxylic acids is 1. The summed E-state index contributed by atoms with van der Waals surface area (Å²) in [6, 6.07) is 11.3. The van der Waals surface area contributed by atoms with Crippen molar-refractivity contribution in [2.75, 3.05) is 32.5 Å². The van der Waals surface area contributed by atoms with E-state index in [4.69, 9.17) is 16.3 Å². The molecule has 186 valence electrons. The van der Waals surface area contributed by atoms with E-state index in [1.807, 2.05) is 36.4 Å². The number of rotatable bonds is 10. The monoisotopic (exact) mass is 515 g/mol. The molecular formula is C26H30ClN3O4S. The van der Waals surface area contributed by atoms with Crippen molar-refractivity contribution in [2.24, 2.45) is 11.8 Å². The summed E-state index contributed by atoms with van der Waals surface area (Å²) in [5.74, 6) is 0.297. The van der Waals surface area contributed by atoms with Crippen LogP contribution in [-0.2, 0) is 4.79 Å². The van der Waals surface area contributed by atoms with Crippen LogP contribution in [0.25, 0.3) is 10.9 Å². The van der Waals surface area contributed by atoms with E-state index in [0.717, 1.165) is 41.2 Å². The van der Waals surface area contributed by atoms with Gasteiger partial charge in [0.1, 0.15) is 5.75 Å². The van der Waals surface area contributed by atoms with E-state index in [1.54, 1.807) is 31.3 Å². The van der Waals surface area contributed by atoms with Gasteiger partial charge >= 0.3 is 5.97 Å². The first-order chi connectivity index (χ1) is 17.0. The third-order valence-corrected chi connectivity index (χ3v) is 7.89. The number of likely N-dealkylation sites (tertiary alicyclic amines) is 1. The zero-order chi connectivity index (χ0) is 24.8. The fourth-order valence-electron chi connectivity index (χ4n) is 4.76. The Hall–Kier alpha value is -2.39. The van der Waals surface area contributed by atoms with Crippen molar-refractivity contribution < 1.29 is 19.7 Å². The lowest BCUT2D eigenvalue weighted by Crippen LogP contribution is -2.44. The minimum absolute atomic E-state index is 0.00301. The quantitative estimate of drug-likeness (QED) is 0.367. The van der Waals surface area contributed by atoms with Gasteiger partial charge in [-0.2, -0.15) is 0 Å². The Labute approximate surface area is 214 Å². The molecule has 1 aliphatic heterocycles. The van der Waals surface area contributed by atoms with Gasteiger partial charge in [0.05, 0.1) is 34.7 Å². The molecule has 9 heteroatoms. The first-order valence-electron chi connectivity index (χ1n) is 11.8. The van der Waals surface area contributed by atoms with Crippen molar-refractivity contribution in [3.63, 3.8) is 0 Å². The average molecular weight is 516 g/mol. The van der Waals surface area contributed by atoms with Crippen LogP contribution in [0.3, 0.4) is 0 Å². The second-order valence-corrected chi connectivity index (χ2v) is 10.3.